The second-order valence-corrected chi connectivity index (χ2v) is 4.38. The molecule has 17 heavy (non-hydrogen) atoms. The summed E-state index contributed by atoms with van der Waals surface area (Å²) in [5, 5.41) is 3.42. The van der Waals surface area contributed by atoms with Crippen molar-refractivity contribution in [1.29, 1.82) is 0 Å². The van der Waals surface area contributed by atoms with Crippen LogP contribution in [0.4, 0.5) is 10.1 Å². The van der Waals surface area contributed by atoms with Gasteiger partial charge in [0, 0.05) is 5.02 Å². The summed E-state index contributed by atoms with van der Waals surface area (Å²) < 4.78 is 19.0. The highest BCUT2D eigenvalue weighted by atomic mass is 35.5. The number of rotatable bonds is 3. The Morgan fingerprint density at radius 2 is 2.06 bits per heavy atom. The molecule has 4 heteroatoms. The van der Waals surface area contributed by atoms with Crippen LogP contribution in [0.25, 0.3) is 0 Å². The number of furan rings is 1. The lowest BCUT2D eigenvalue weighted by Gasteiger charge is -2.13. The van der Waals surface area contributed by atoms with Crippen LogP contribution in [0.1, 0.15) is 24.5 Å². The smallest absolute Gasteiger partial charge is 0.147 e. The van der Waals surface area contributed by atoms with Gasteiger partial charge in [-0.1, -0.05) is 11.6 Å². The van der Waals surface area contributed by atoms with Crippen LogP contribution in [-0.2, 0) is 0 Å². The van der Waals surface area contributed by atoms with E-state index in [2.05, 4.69) is 5.32 Å². The Kier molecular flexibility index (Phi) is 3.38. The molecule has 0 amide bonds. The lowest BCUT2D eigenvalue weighted by Crippen LogP contribution is -2.06. The number of anilines is 1. The molecule has 0 bridgehead atoms. The summed E-state index contributed by atoms with van der Waals surface area (Å²) in [6.07, 6.45) is 0. The number of benzene rings is 1. The first kappa shape index (κ1) is 12.0. The molecule has 0 spiro atoms. The van der Waals surface area contributed by atoms with Gasteiger partial charge in [0.2, 0.25) is 0 Å². The third-order valence-electron chi connectivity index (χ3n) is 2.49. The fraction of sp³-hybridized carbons (Fsp3) is 0.231. The topological polar surface area (TPSA) is 25.2 Å². The molecule has 90 valence electrons. The van der Waals surface area contributed by atoms with Gasteiger partial charge in [-0.15, -0.1) is 0 Å². The Morgan fingerprint density at radius 3 is 2.65 bits per heavy atom. The molecule has 0 saturated heterocycles. The second-order valence-electron chi connectivity index (χ2n) is 3.94. The molecule has 0 saturated carbocycles. The first-order chi connectivity index (χ1) is 8.06. The Balaban J connectivity index is 2.15. The SMILES string of the molecule is Cc1ccc(C(C)Nc2ccc(Cl)cc2F)o1. The minimum absolute atomic E-state index is 0.0978. The van der Waals surface area contributed by atoms with E-state index in [9.17, 15) is 4.39 Å². The van der Waals surface area contributed by atoms with E-state index in [4.69, 9.17) is 16.0 Å². The molecule has 1 atom stereocenters. The molecular weight excluding hydrogens is 241 g/mol. The summed E-state index contributed by atoms with van der Waals surface area (Å²) >= 11 is 5.69. The van der Waals surface area contributed by atoms with Crippen molar-refractivity contribution >= 4 is 17.3 Å². The first-order valence-electron chi connectivity index (χ1n) is 5.34. The predicted octanol–water partition coefficient (Wildman–Crippen LogP) is 4.55. The van der Waals surface area contributed by atoms with Crippen molar-refractivity contribution in [2.45, 2.75) is 19.9 Å². The third-order valence-corrected chi connectivity index (χ3v) is 2.73. The van der Waals surface area contributed by atoms with Crippen LogP contribution < -0.4 is 5.32 Å². The van der Waals surface area contributed by atoms with Gasteiger partial charge in [0.1, 0.15) is 17.3 Å². The molecule has 0 radical (unpaired) electrons. The summed E-state index contributed by atoms with van der Waals surface area (Å²) in [6, 6.07) is 8.20. The number of hydrogen-bond acceptors (Lipinski definition) is 2. The van der Waals surface area contributed by atoms with E-state index in [0.29, 0.717) is 10.7 Å². The molecular formula is C13H13ClFNO. The van der Waals surface area contributed by atoms with Crippen LogP contribution >= 0.6 is 11.6 Å². The molecule has 1 heterocycles. The highest BCUT2D eigenvalue weighted by molar-refractivity contribution is 6.30. The van der Waals surface area contributed by atoms with Crippen LogP contribution in [0.5, 0.6) is 0 Å². The molecule has 2 aromatic rings. The molecule has 2 nitrogen and oxygen atoms in total. The Bertz CT molecular complexity index is 524. The average Bonchev–Trinajstić information content (AvgIpc) is 2.69. The lowest BCUT2D eigenvalue weighted by molar-refractivity contribution is 0.466. The van der Waals surface area contributed by atoms with Crippen molar-refractivity contribution in [1.82, 2.24) is 0 Å². The maximum atomic E-state index is 13.6. The number of halogens is 2. The standard InChI is InChI=1S/C13H13ClFNO/c1-8-3-6-13(17-8)9(2)16-12-5-4-10(14)7-11(12)15/h3-7,9,16H,1-2H3. The fourth-order valence-corrected chi connectivity index (χ4v) is 1.76. The zero-order valence-electron chi connectivity index (χ0n) is 9.63. The van der Waals surface area contributed by atoms with Gasteiger partial charge in [-0.3, -0.25) is 0 Å². The van der Waals surface area contributed by atoms with Crippen molar-refractivity contribution in [2.75, 3.05) is 5.32 Å². The number of nitrogens with one attached hydrogen (secondary N) is 1. The molecule has 1 aromatic carbocycles. The van der Waals surface area contributed by atoms with E-state index in [-0.39, 0.29) is 11.9 Å². The minimum atomic E-state index is -0.368. The van der Waals surface area contributed by atoms with Crippen molar-refractivity contribution in [3.05, 3.63) is 52.7 Å². The maximum absolute atomic E-state index is 13.6. The molecule has 1 N–H and O–H groups in total. The minimum Gasteiger partial charge on any atom is -0.464 e. The van der Waals surface area contributed by atoms with Crippen LogP contribution in [0, 0.1) is 12.7 Å². The molecule has 0 aliphatic heterocycles. The largest absolute Gasteiger partial charge is 0.464 e. The van der Waals surface area contributed by atoms with Crippen molar-refractivity contribution in [3.8, 4) is 0 Å². The van der Waals surface area contributed by atoms with E-state index in [1.54, 1.807) is 12.1 Å². The van der Waals surface area contributed by atoms with Crippen LogP contribution in [0.15, 0.2) is 34.7 Å². The normalized spacial score (nSPS) is 12.5. The monoisotopic (exact) mass is 253 g/mol. The lowest BCUT2D eigenvalue weighted by atomic mass is 10.2. The average molecular weight is 254 g/mol. The van der Waals surface area contributed by atoms with Crippen molar-refractivity contribution < 1.29 is 8.81 Å². The predicted molar refractivity (Wildman–Crippen MR) is 66.9 cm³/mol. The van der Waals surface area contributed by atoms with Gasteiger partial charge in [-0.05, 0) is 44.2 Å². The summed E-state index contributed by atoms with van der Waals surface area (Å²) in [5.74, 6) is 1.25. The number of hydrogen-bond donors (Lipinski definition) is 1. The first-order valence-corrected chi connectivity index (χ1v) is 5.72. The highest BCUT2D eigenvalue weighted by Gasteiger charge is 2.11. The summed E-state index contributed by atoms with van der Waals surface area (Å²) in [4.78, 5) is 0. The molecule has 0 aliphatic carbocycles. The van der Waals surface area contributed by atoms with E-state index in [1.807, 2.05) is 26.0 Å². The number of aryl methyl sites for hydroxylation is 1. The van der Waals surface area contributed by atoms with Crippen LogP contribution in [0.3, 0.4) is 0 Å². The van der Waals surface area contributed by atoms with Gasteiger partial charge in [0.25, 0.3) is 0 Å². The van der Waals surface area contributed by atoms with Gasteiger partial charge >= 0.3 is 0 Å². The van der Waals surface area contributed by atoms with Gasteiger partial charge in [-0.25, -0.2) is 4.39 Å². The van der Waals surface area contributed by atoms with E-state index in [0.717, 1.165) is 11.5 Å². The molecule has 2 rings (SSSR count). The summed E-state index contributed by atoms with van der Waals surface area (Å²) in [5.41, 5.74) is 0.413. The van der Waals surface area contributed by atoms with Gasteiger partial charge in [0.15, 0.2) is 0 Å². The zero-order chi connectivity index (χ0) is 12.4. The Hall–Kier alpha value is -1.48. The second kappa shape index (κ2) is 4.80. The van der Waals surface area contributed by atoms with Crippen molar-refractivity contribution in [3.63, 3.8) is 0 Å². The zero-order valence-corrected chi connectivity index (χ0v) is 10.4. The van der Waals surface area contributed by atoms with Gasteiger partial charge < -0.3 is 9.73 Å². The molecule has 0 aliphatic rings. The maximum Gasteiger partial charge on any atom is 0.147 e. The molecule has 1 aromatic heterocycles. The van der Waals surface area contributed by atoms with Crippen LogP contribution in [0.2, 0.25) is 5.02 Å². The highest BCUT2D eigenvalue weighted by Crippen LogP contribution is 2.24. The van der Waals surface area contributed by atoms with Gasteiger partial charge in [0.05, 0.1) is 11.7 Å². The van der Waals surface area contributed by atoms with E-state index >= 15 is 0 Å². The van der Waals surface area contributed by atoms with E-state index in [1.165, 1.54) is 6.07 Å². The summed E-state index contributed by atoms with van der Waals surface area (Å²) in [6.45, 7) is 3.78. The van der Waals surface area contributed by atoms with Crippen LogP contribution in [-0.4, -0.2) is 0 Å². The quantitative estimate of drug-likeness (QED) is 0.868. The Morgan fingerprint density at radius 1 is 1.29 bits per heavy atom. The summed E-state index contributed by atoms with van der Waals surface area (Å²) in [7, 11) is 0. The molecule has 1 unspecified atom stereocenters. The van der Waals surface area contributed by atoms with Gasteiger partial charge in [-0.2, -0.15) is 0 Å². The van der Waals surface area contributed by atoms with E-state index < -0.39 is 0 Å². The van der Waals surface area contributed by atoms with Crippen molar-refractivity contribution in [2.24, 2.45) is 0 Å². The Labute approximate surface area is 104 Å². The molecule has 0 fully saturated rings. The fourth-order valence-electron chi connectivity index (χ4n) is 1.60. The third kappa shape index (κ3) is 2.80.